The summed E-state index contributed by atoms with van der Waals surface area (Å²) in [5, 5.41) is 6.48. The highest BCUT2D eigenvalue weighted by atomic mass is 32.2. The van der Waals surface area contributed by atoms with Gasteiger partial charge in [0, 0.05) is 38.4 Å². The highest BCUT2D eigenvalue weighted by Crippen LogP contribution is 2.15. The second-order valence-corrected chi connectivity index (χ2v) is 8.39. The maximum atomic E-state index is 11.5. The highest BCUT2D eigenvalue weighted by Gasteiger charge is 2.28. The molecule has 0 radical (unpaired) electrons. The van der Waals surface area contributed by atoms with Crippen LogP contribution in [0, 0.1) is 6.92 Å². The number of sulfone groups is 1. The van der Waals surface area contributed by atoms with E-state index in [2.05, 4.69) is 58.6 Å². The molecule has 134 valence electrons. The lowest BCUT2D eigenvalue weighted by atomic mass is 10.2. The first-order chi connectivity index (χ1) is 11.4. The largest absolute Gasteiger partial charge is 0.370 e. The van der Waals surface area contributed by atoms with Crippen molar-refractivity contribution in [3.63, 3.8) is 0 Å². The van der Waals surface area contributed by atoms with Crippen molar-refractivity contribution >= 4 is 21.5 Å². The Morgan fingerprint density at radius 1 is 1.42 bits per heavy atom. The molecule has 0 spiro atoms. The number of nitrogens with one attached hydrogen (secondary N) is 2. The van der Waals surface area contributed by atoms with E-state index in [0.29, 0.717) is 12.4 Å². The summed E-state index contributed by atoms with van der Waals surface area (Å²) in [6, 6.07) is 8.42. The van der Waals surface area contributed by atoms with Crippen molar-refractivity contribution in [3.8, 4) is 0 Å². The van der Waals surface area contributed by atoms with Crippen LogP contribution in [0.25, 0.3) is 0 Å². The van der Waals surface area contributed by atoms with Crippen molar-refractivity contribution < 1.29 is 8.42 Å². The van der Waals surface area contributed by atoms with Gasteiger partial charge in [-0.25, -0.2) is 8.42 Å². The summed E-state index contributed by atoms with van der Waals surface area (Å²) in [6.45, 7) is 6.75. The Bertz CT molecular complexity index is 673. The topological polar surface area (TPSA) is 73.8 Å². The van der Waals surface area contributed by atoms with E-state index in [1.807, 2.05) is 0 Å². The quantitative estimate of drug-likeness (QED) is 0.594. The van der Waals surface area contributed by atoms with Gasteiger partial charge in [-0.1, -0.05) is 12.1 Å². The molecule has 2 N–H and O–H groups in total. The van der Waals surface area contributed by atoms with Gasteiger partial charge in [-0.3, -0.25) is 4.99 Å². The van der Waals surface area contributed by atoms with Crippen molar-refractivity contribution in [2.75, 3.05) is 43.1 Å². The van der Waals surface area contributed by atoms with Crippen molar-refractivity contribution in [2.24, 2.45) is 4.99 Å². The van der Waals surface area contributed by atoms with Crippen LogP contribution < -0.4 is 15.5 Å². The number of benzene rings is 1. The van der Waals surface area contributed by atoms with Crippen LogP contribution in [0.5, 0.6) is 0 Å². The van der Waals surface area contributed by atoms with Crippen LogP contribution in [0.1, 0.15) is 18.9 Å². The van der Waals surface area contributed by atoms with Gasteiger partial charge in [0.25, 0.3) is 0 Å². The Balaban J connectivity index is 1.82. The molecule has 1 atom stereocenters. The van der Waals surface area contributed by atoms with E-state index in [4.69, 9.17) is 0 Å². The molecule has 1 aliphatic rings. The first-order valence-electron chi connectivity index (χ1n) is 8.42. The molecule has 1 aliphatic heterocycles. The summed E-state index contributed by atoms with van der Waals surface area (Å²) >= 11 is 0. The van der Waals surface area contributed by atoms with Gasteiger partial charge in [0.2, 0.25) is 0 Å². The van der Waals surface area contributed by atoms with E-state index in [1.165, 1.54) is 11.3 Å². The molecule has 6 nitrogen and oxygen atoms in total. The molecule has 0 amide bonds. The lowest BCUT2D eigenvalue weighted by molar-refractivity contribution is 0.599. The van der Waals surface area contributed by atoms with E-state index < -0.39 is 9.84 Å². The summed E-state index contributed by atoms with van der Waals surface area (Å²) in [5.41, 5.74) is 2.46. The Morgan fingerprint density at radius 2 is 2.21 bits per heavy atom. The molecule has 1 unspecified atom stereocenters. The lowest BCUT2D eigenvalue weighted by Gasteiger charge is -2.24. The van der Waals surface area contributed by atoms with E-state index in [1.54, 1.807) is 7.05 Å². The molecule has 2 rings (SSSR count). The number of anilines is 1. The monoisotopic (exact) mass is 352 g/mol. The fraction of sp³-hybridized carbons (Fsp3) is 0.588. The smallest absolute Gasteiger partial charge is 0.191 e. The molecule has 24 heavy (non-hydrogen) atoms. The third kappa shape index (κ3) is 5.40. The van der Waals surface area contributed by atoms with Crippen LogP contribution in [0.4, 0.5) is 5.69 Å². The second-order valence-electron chi connectivity index (χ2n) is 6.16. The van der Waals surface area contributed by atoms with Crippen molar-refractivity contribution in [2.45, 2.75) is 26.3 Å². The average Bonchev–Trinajstić information content (AvgIpc) is 2.89. The summed E-state index contributed by atoms with van der Waals surface area (Å²) in [7, 11) is -1.18. The molecule has 1 fully saturated rings. The predicted octanol–water partition coefficient (Wildman–Crippen LogP) is 1.17. The van der Waals surface area contributed by atoms with Gasteiger partial charge in [0.15, 0.2) is 15.8 Å². The zero-order valence-corrected chi connectivity index (χ0v) is 15.6. The maximum Gasteiger partial charge on any atom is 0.191 e. The van der Waals surface area contributed by atoms with Crippen molar-refractivity contribution in [1.82, 2.24) is 10.6 Å². The lowest BCUT2D eigenvalue weighted by Crippen LogP contribution is -2.46. The molecular weight excluding hydrogens is 324 g/mol. The van der Waals surface area contributed by atoms with E-state index >= 15 is 0 Å². The van der Waals surface area contributed by atoms with Gasteiger partial charge in [0.1, 0.15) is 0 Å². The molecule has 1 aromatic rings. The first kappa shape index (κ1) is 18.6. The van der Waals surface area contributed by atoms with Gasteiger partial charge in [-0.2, -0.15) is 0 Å². The van der Waals surface area contributed by atoms with Crippen LogP contribution in [-0.4, -0.2) is 58.6 Å². The predicted molar refractivity (Wildman–Crippen MR) is 101 cm³/mol. The van der Waals surface area contributed by atoms with Crippen LogP contribution in [0.2, 0.25) is 0 Å². The second kappa shape index (κ2) is 8.37. The molecule has 7 heteroatoms. The number of aryl methyl sites for hydroxylation is 1. The molecule has 1 saturated heterocycles. The number of hydrogen-bond acceptors (Lipinski definition) is 4. The third-order valence-corrected chi connectivity index (χ3v) is 5.99. The molecule has 0 saturated carbocycles. The molecule has 0 bridgehead atoms. The zero-order valence-electron chi connectivity index (χ0n) is 14.7. The number of rotatable bonds is 6. The van der Waals surface area contributed by atoms with Crippen molar-refractivity contribution in [3.05, 3.63) is 29.8 Å². The summed E-state index contributed by atoms with van der Waals surface area (Å²) < 4.78 is 23.1. The number of aliphatic imine (C=N–C) groups is 1. The fourth-order valence-electron chi connectivity index (χ4n) is 2.90. The minimum absolute atomic E-state index is 0.0414. The van der Waals surface area contributed by atoms with Crippen LogP contribution in [0.15, 0.2) is 29.3 Å². The standard InChI is InChI=1S/C17H28N4O2S/c1-4-21(16-7-5-6-14(2)12-16)10-9-19-17(18-3)20-15-8-11-24(22,23)13-15/h5-7,12,15H,4,8-11,13H2,1-3H3,(H2,18,19,20). The summed E-state index contributed by atoms with van der Waals surface area (Å²) in [5.74, 6) is 1.12. The molecule has 0 aliphatic carbocycles. The Labute approximate surface area is 145 Å². The molecule has 0 aromatic heterocycles. The first-order valence-corrected chi connectivity index (χ1v) is 10.2. The van der Waals surface area contributed by atoms with Gasteiger partial charge in [0.05, 0.1) is 11.5 Å². The van der Waals surface area contributed by atoms with Crippen LogP contribution in [-0.2, 0) is 9.84 Å². The van der Waals surface area contributed by atoms with Gasteiger partial charge < -0.3 is 15.5 Å². The van der Waals surface area contributed by atoms with Crippen LogP contribution >= 0.6 is 0 Å². The van der Waals surface area contributed by atoms with Gasteiger partial charge >= 0.3 is 0 Å². The summed E-state index contributed by atoms with van der Waals surface area (Å²) in [6.07, 6.45) is 0.646. The van der Waals surface area contributed by atoms with E-state index in [-0.39, 0.29) is 17.5 Å². The molecular formula is C17H28N4O2S. The average molecular weight is 353 g/mol. The molecule has 1 aromatic carbocycles. The normalized spacial score (nSPS) is 20.0. The minimum atomic E-state index is -2.88. The maximum absolute atomic E-state index is 11.5. The Hall–Kier alpha value is -1.76. The number of guanidine groups is 1. The Kier molecular flexibility index (Phi) is 6.48. The third-order valence-electron chi connectivity index (χ3n) is 4.22. The van der Waals surface area contributed by atoms with Gasteiger partial charge in [-0.15, -0.1) is 0 Å². The van der Waals surface area contributed by atoms with E-state index in [0.717, 1.165) is 19.6 Å². The fourth-order valence-corrected chi connectivity index (χ4v) is 4.57. The van der Waals surface area contributed by atoms with Crippen LogP contribution in [0.3, 0.4) is 0 Å². The van der Waals surface area contributed by atoms with Crippen molar-refractivity contribution in [1.29, 1.82) is 0 Å². The van der Waals surface area contributed by atoms with Gasteiger partial charge in [-0.05, 0) is 38.0 Å². The SMILES string of the molecule is CCN(CCNC(=NC)NC1CCS(=O)(=O)C1)c1cccc(C)c1. The number of hydrogen-bond donors (Lipinski definition) is 2. The number of likely N-dealkylation sites (N-methyl/N-ethyl adjacent to an activating group) is 1. The Morgan fingerprint density at radius 3 is 2.79 bits per heavy atom. The number of nitrogens with zero attached hydrogens (tertiary/aromatic N) is 2. The summed E-state index contributed by atoms with van der Waals surface area (Å²) in [4.78, 5) is 6.49. The molecule has 1 heterocycles. The minimum Gasteiger partial charge on any atom is -0.370 e. The van der Waals surface area contributed by atoms with E-state index in [9.17, 15) is 8.42 Å². The highest BCUT2D eigenvalue weighted by molar-refractivity contribution is 7.91. The zero-order chi connectivity index (χ0) is 17.6.